The van der Waals surface area contributed by atoms with Gasteiger partial charge in [-0.15, -0.1) is 0 Å². The van der Waals surface area contributed by atoms with Crippen LogP contribution in [0.4, 0.5) is 0 Å². The Morgan fingerprint density at radius 3 is 0.636 bits per heavy atom. The second-order valence-electron chi connectivity index (χ2n) is 32.1. The lowest BCUT2D eigenvalue weighted by Gasteiger charge is -2.21. The number of hydrogen-bond donors (Lipinski definition) is 3. The number of aliphatic hydroxyl groups is 1. The fraction of sp³-hybridized carbons (Fsp3) is 0.955. The Morgan fingerprint density at radius 1 is 0.252 bits per heavy atom. The number of carbonyl (C=O) groups is 4. The highest BCUT2D eigenvalue weighted by molar-refractivity contribution is 7.47. The lowest BCUT2D eigenvalue weighted by molar-refractivity contribution is -0.161. The summed E-state index contributed by atoms with van der Waals surface area (Å²) in [6.07, 6.45) is 75.2. The van der Waals surface area contributed by atoms with Gasteiger partial charge in [0.05, 0.1) is 26.4 Å². The van der Waals surface area contributed by atoms with Crippen molar-refractivity contribution < 1.29 is 80.2 Å². The highest BCUT2D eigenvalue weighted by atomic mass is 31.2. The van der Waals surface area contributed by atoms with Crippen molar-refractivity contribution in [2.24, 2.45) is 5.92 Å². The number of hydrogen-bond acceptors (Lipinski definition) is 15. The molecule has 636 valence electrons. The Balaban J connectivity index is 5.17. The summed E-state index contributed by atoms with van der Waals surface area (Å²) in [6.45, 7) is 7.38. The Kier molecular flexibility index (Phi) is 79.2. The molecule has 0 aliphatic carbocycles. The number of carbonyl (C=O) groups excluding carboxylic acids is 4. The van der Waals surface area contributed by atoms with Crippen molar-refractivity contribution in [1.82, 2.24) is 0 Å². The van der Waals surface area contributed by atoms with Crippen molar-refractivity contribution in [3.05, 3.63) is 0 Å². The van der Waals surface area contributed by atoms with Crippen LogP contribution >= 0.6 is 15.6 Å². The van der Waals surface area contributed by atoms with Gasteiger partial charge in [-0.1, -0.05) is 426 Å². The molecule has 0 aromatic heterocycles. The molecule has 0 bridgehead atoms. The standard InChI is InChI=1S/C88H172O17P2/c1-6-9-12-15-18-21-23-25-27-29-31-32-34-36-42-46-50-54-59-64-69-74-88(93)105-84(78-99-86(91)72-67-62-57-52-48-44-40-38-37-39-43-47-51-55-60-65-70-81(4)5)80-103-107(96,97)101-76-82(89)75-100-106(94,95)102-79-83(77-98-85(90)71-66-61-56-20-17-14-11-8-3)104-87(92)73-68-63-58-53-49-45-41-35-33-30-28-26-24-22-19-16-13-10-7-2/h81-84,89H,6-80H2,1-5H3,(H,94,95)(H,96,97)/t82-,83+,84+/m0/s1. The highest BCUT2D eigenvalue weighted by Gasteiger charge is 2.30. The quantitative estimate of drug-likeness (QED) is 0.0222. The van der Waals surface area contributed by atoms with Crippen molar-refractivity contribution in [2.45, 2.75) is 496 Å². The molecule has 0 radical (unpaired) electrons. The summed E-state index contributed by atoms with van der Waals surface area (Å²) in [7, 11) is -9.93. The summed E-state index contributed by atoms with van der Waals surface area (Å²) in [6, 6.07) is 0. The third kappa shape index (κ3) is 81.9. The molecule has 0 fully saturated rings. The average molecular weight is 1560 g/mol. The maximum absolute atomic E-state index is 13.2. The smallest absolute Gasteiger partial charge is 0.462 e. The molecule has 3 N–H and O–H groups in total. The zero-order chi connectivity index (χ0) is 78.3. The molecule has 19 heteroatoms. The van der Waals surface area contributed by atoms with Crippen LogP contribution in [0.25, 0.3) is 0 Å². The minimum atomic E-state index is -4.97. The SMILES string of the molecule is CCCCCCCCCCCCCCCCCCCCCCCC(=O)O[C@H](COC(=O)CCCCCCCCCCCCCCCCCCC(C)C)COP(=O)(O)OC[C@@H](O)COP(=O)(O)OC[C@@H](COC(=O)CCCCCCCCCC)OC(=O)CCCCCCCCCCCCCCCCCCCCC. The van der Waals surface area contributed by atoms with E-state index in [9.17, 15) is 43.2 Å². The number of ether oxygens (including phenoxy) is 4. The Labute approximate surface area is 658 Å². The first-order valence-electron chi connectivity index (χ1n) is 45.6. The fourth-order valence-corrected chi connectivity index (χ4v) is 15.4. The molecule has 0 aliphatic rings. The third-order valence-electron chi connectivity index (χ3n) is 20.8. The van der Waals surface area contributed by atoms with Crippen LogP contribution in [0.2, 0.25) is 0 Å². The van der Waals surface area contributed by atoms with Crippen molar-refractivity contribution in [2.75, 3.05) is 39.6 Å². The monoisotopic (exact) mass is 1560 g/mol. The van der Waals surface area contributed by atoms with Crippen LogP contribution in [-0.2, 0) is 65.4 Å². The maximum Gasteiger partial charge on any atom is 0.472 e. The first kappa shape index (κ1) is 105. The van der Waals surface area contributed by atoms with Gasteiger partial charge in [-0.2, -0.15) is 0 Å². The molecule has 0 saturated carbocycles. The molecule has 0 aliphatic heterocycles. The van der Waals surface area contributed by atoms with Gasteiger partial charge in [0, 0.05) is 25.7 Å². The van der Waals surface area contributed by atoms with Crippen LogP contribution in [0.1, 0.15) is 478 Å². The van der Waals surface area contributed by atoms with Gasteiger partial charge in [0.25, 0.3) is 0 Å². The third-order valence-corrected chi connectivity index (χ3v) is 22.7. The molecule has 0 aromatic carbocycles. The second kappa shape index (κ2) is 80.7. The van der Waals surface area contributed by atoms with Crippen LogP contribution in [0, 0.1) is 5.92 Å². The van der Waals surface area contributed by atoms with Gasteiger partial charge in [0.15, 0.2) is 12.2 Å². The van der Waals surface area contributed by atoms with E-state index in [-0.39, 0.29) is 25.7 Å². The number of unbranched alkanes of at least 4 members (excludes halogenated alkanes) is 60. The lowest BCUT2D eigenvalue weighted by Crippen LogP contribution is -2.30. The van der Waals surface area contributed by atoms with Gasteiger partial charge >= 0.3 is 39.5 Å². The van der Waals surface area contributed by atoms with E-state index in [4.69, 9.17) is 37.0 Å². The van der Waals surface area contributed by atoms with Crippen molar-refractivity contribution in [1.29, 1.82) is 0 Å². The minimum Gasteiger partial charge on any atom is -0.462 e. The zero-order valence-electron chi connectivity index (χ0n) is 70.3. The van der Waals surface area contributed by atoms with Gasteiger partial charge in [-0.3, -0.25) is 37.3 Å². The van der Waals surface area contributed by atoms with E-state index >= 15 is 0 Å². The molecule has 0 aromatic rings. The summed E-state index contributed by atoms with van der Waals surface area (Å²) in [4.78, 5) is 73.2. The van der Waals surface area contributed by atoms with E-state index < -0.39 is 97.5 Å². The molecule has 17 nitrogen and oxygen atoms in total. The predicted octanol–water partition coefficient (Wildman–Crippen LogP) is 27.2. The Hall–Kier alpha value is -1.94. The summed E-state index contributed by atoms with van der Waals surface area (Å²) in [5.41, 5.74) is 0. The van der Waals surface area contributed by atoms with Crippen LogP contribution < -0.4 is 0 Å². The van der Waals surface area contributed by atoms with Gasteiger partial charge < -0.3 is 33.8 Å². The van der Waals surface area contributed by atoms with E-state index in [0.29, 0.717) is 25.7 Å². The average Bonchev–Trinajstić information content (AvgIpc) is 0.901. The van der Waals surface area contributed by atoms with Gasteiger partial charge in [-0.25, -0.2) is 9.13 Å². The normalized spacial score (nSPS) is 13.7. The number of rotatable bonds is 88. The van der Waals surface area contributed by atoms with Gasteiger partial charge in [0.1, 0.15) is 19.3 Å². The van der Waals surface area contributed by atoms with Gasteiger partial charge in [0.2, 0.25) is 0 Å². The molecular weight excluding hydrogens is 1390 g/mol. The molecule has 0 spiro atoms. The van der Waals surface area contributed by atoms with Crippen molar-refractivity contribution in [3.8, 4) is 0 Å². The fourth-order valence-electron chi connectivity index (χ4n) is 13.8. The minimum absolute atomic E-state index is 0.109. The van der Waals surface area contributed by atoms with E-state index in [2.05, 4.69) is 34.6 Å². The Morgan fingerprint density at radius 2 is 0.430 bits per heavy atom. The lowest BCUT2D eigenvalue weighted by atomic mass is 10.0. The van der Waals surface area contributed by atoms with E-state index in [1.807, 2.05) is 0 Å². The molecule has 107 heavy (non-hydrogen) atoms. The topological polar surface area (TPSA) is 237 Å². The summed E-state index contributed by atoms with van der Waals surface area (Å²) in [5, 5.41) is 10.7. The van der Waals surface area contributed by atoms with E-state index in [1.165, 1.54) is 302 Å². The summed E-state index contributed by atoms with van der Waals surface area (Å²) in [5.74, 6) is -1.29. The molecule has 0 amide bonds. The molecule has 5 atom stereocenters. The van der Waals surface area contributed by atoms with Crippen LogP contribution in [0.5, 0.6) is 0 Å². The van der Waals surface area contributed by atoms with Crippen molar-refractivity contribution in [3.63, 3.8) is 0 Å². The molecule has 0 rings (SSSR count). The summed E-state index contributed by atoms with van der Waals surface area (Å²) < 4.78 is 68.9. The van der Waals surface area contributed by atoms with Crippen LogP contribution in [-0.4, -0.2) is 96.7 Å². The first-order chi connectivity index (χ1) is 52.0. The zero-order valence-corrected chi connectivity index (χ0v) is 72.1. The van der Waals surface area contributed by atoms with Gasteiger partial charge in [-0.05, 0) is 31.6 Å². The van der Waals surface area contributed by atoms with Crippen molar-refractivity contribution >= 4 is 39.5 Å². The molecular formula is C88H172O17P2. The van der Waals surface area contributed by atoms with E-state index in [1.54, 1.807) is 0 Å². The number of phosphoric ester groups is 2. The van der Waals surface area contributed by atoms with Crippen LogP contribution in [0.15, 0.2) is 0 Å². The number of aliphatic hydroxyl groups excluding tert-OH is 1. The second-order valence-corrected chi connectivity index (χ2v) is 35.0. The molecule has 2 unspecified atom stereocenters. The Bertz CT molecular complexity index is 2030. The highest BCUT2D eigenvalue weighted by Crippen LogP contribution is 2.45. The number of phosphoric acid groups is 2. The molecule has 0 saturated heterocycles. The van der Waals surface area contributed by atoms with Crippen LogP contribution in [0.3, 0.4) is 0 Å². The summed E-state index contributed by atoms with van der Waals surface area (Å²) >= 11 is 0. The maximum atomic E-state index is 13.2. The molecule has 0 heterocycles. The van der Waals surface area contributed by atoms with E-state index in [0.717, 1.165) is 95.8 Å². The largest absolute Gasteiger partial charge is 0.472 e. The first-order valence-corrected chi connectivity index (χ1v) is 48.6. The number of esters is 4. The predicted molar refractivity (Wildman–Crippen MR) is 442 cm³/mol.